The van der Waals surface area contributed by atoms with Crippen molar-refractivity contribution in [1.29, 1.82) is 0 Å². The number of aromatic nitrogens is 1. The molecule has 3 fully saturated rings. The molecule has 0 radical (unpaired) electrons. The first-order chi connectivity index (χ1) is 13.9. The van der Waals surface area contributed by atoms with Gasteiger partial charge in [0, 0.05) is 25.2 Å². The lowest BCUT2D eigenvalue weighted by Gasteiger charge is -2.38. The van der Waals surface area contributed by atoms with E-state index in [0.29, 0.717) is 48.2 Å². The summed E-state index contributed by atoms with van der Waals surface area (Å²) in [5.74, 6) is 1.56. The van der Waals surface area contributed by atoms with Crippen molar-refractivity contribution in [2.75, 3.05) is 38.6 Å². The predicted molar refractivity (Wildman–Crippen MR) is 109 cm³/mol. The van der Waals surface area contributed by atoms with E-state index in [1.54, 1.807) is 6.07 Å². The molecule has 1 saturated carbocycles. The van der Waals surface area contributed by atoms with Crippen LogP contribution in [0, 0.1) is 17.8 Å². The Morgan fingerprint density at radius 1 is 1.38 bits per heavy atom. The Hall–Kier alpha value is -2.39. The van der Waals surface area contributed by atoms with Gasteiger partial charge in [0.2, 0.25) is 0 Å². The minimum absolute atomic E-state index is 0.0779. The minimum Gasteiger partial charge on any atom is -0.438 e. The third kappa shape index (κ3) is 3.53. The van der Waals surface area contributed by atoms with Crippen LogP contribution in [0.4, 0.5) is 9.93 Å². The highest BCUT2D eigenvalue weighted by atomic mass is 32.1. The predicted octanol–water partition coefficient (Wildman–Crippen LogP) is 2.10. The molecule has 29 heavy (non-hydrogen) atoms. The molecule has 3 N–H and O–H groups in total. The van der Waals surface area contributed by atoms with E-state index in [0.717, 1.165) is 29.7 Å². The van der Waals surface area contributed by atoms with Crippen LogP contribution in [-0.2, 0) is 9.47 Å². The molecule has 2 atom stereocenters. The van der Waals surface area contributed by atoms with Gasteiger partial charge in [0.25, 0.3) is 5.91 Å². The number of hydrogen-bond acceptors (Lipinski definition) is 7. The summed E-state index contributed by atoms with van der Waals surface area (Å²) in [4.78, 5) is 30.7. The zero-order chi connectivity index (χ0) is 20.2. The van der Waals surface area contributed by atoms with Crippen LogP contribution >= 0.6 is 11.3 Å². The van der Waals surface area contributed by atoms with E-state index in [-0.39, 0.29) is 12.0 Å². The molecule has 0 bridgehead atoms. The van der Waals surface area contributed by atoms with Crippen LogP contribution in [0.15, 0.2) is 18.2 Å². The van der Waals surface area contributed by atoms with E-state index in [1.165, 1.54) is 11.3 Å². The van der Waals surface area contributed by atoms with E-state index >= 15 is 0 Å². The number of piperidine rings is 1. The lowest BCUT2D eigenvalue weighted by atomic mass is 10.1. The van der Waals surface area contributed by atoms with Crippen LogP contribution in [0.2, 0.25) is 0 Å². The van der Waals surface area contributed by atoms with Gasteiger partial charge < -0.3 is 25.4 Å². The molecule has 2 saturated heterocycles. The summed E-state index contributed by atoms with van der Waals surface area (Å²) in [5.41, 5.74) is 6.70. The minimum atomic E-state index is -0.457. The first-order valence-electron chi connectivity index (χ1n) is 9.92. The van der Waals surface area contributed by atoms with Crippen LogP contribution < -0.4 is 11.1 Å². The summed E-state index contributed by atoms with van der Waals surface area (Å²) in [6, 6.07) is 5.44. The third-order valence-electron chi connectivity index (χ3n) is 6.21. The number of anilines is 1. The van der Waals surface area contributed by atoms with Gasteiger partial charge in [0.15, 0.2) is 10.7 Å². The topological polar surface area (TPSA) is 107 Å². The molecule has 2 amide bonds. The molecule has 0 spiro atoms. The molecule has 5 rings (SSSR count). The molecule has 2 aliphatic heterocycles. The van der Waals surface area contributed by atoms with Crippen molar-refractivity contribution in [3.63, 3.8) is 0 Å². The number of fused-ring (bicyclic) bond motifs is 2. The lowest BCUT2D eigenvalue weighted by Crippen LogP contribution is -2.52. The van der Waals surface area contributed by atoms with Gasteiger partial charge in [-0.15, -0.1) is 0 Å². The summed E-state index contributed by atoms with van der Waals surface area (Å²) in [5, 5.41) is 3.51. The maximum atomic E-state index is 12.4. The second kappa shape index (κ2) is 6.84. The van der Waals surface area contributed by atoms with Gasteiger partial charge in [-0.1, -0.05) is 11.3 Å². The van der Waals surface area contributed by atoms with Gasteiger partial charge in [0.1, 0.15) is 0 Å². The van der Waals surface area contributed by atoms with Crippen molar-refractivity contribution in [2.24, 2.45) is 17.8 Å². The van der Waals surface area contributed by atoms with E-state index in [9.17, 15) is 9.59 Å². The second-order valence-electron chi connectivity index (χ2n) is 8.49. The van der Waals surface area contributed by atoms with Crippen molar-refractivity contribution in [3.05, 3.63) is 23.8 Å². The molecular formula is C20H24N4O4S. The number of nitrogens with two attached hydrogens (primary N) is 1. The average molecular weight is 417 g/mol. The molecule has 2 aromatic rings. The molecule has 1 aliphatic carbocycles. The Kier molecular flexibility index (Phi) is 4.40. The van der Waals surface area contributed by atoms with E-state index in [2.05, 4.69) is 10.3 Å². The first kappa shape index (κ1) is 18.6. The largest absolute Gasteiger partial charge is 0.438 e. The number of carbonyl (C=O) groups excluding carboxylic acids is 2. The molecule has 1 aromatic heterocycles. The Morgan fingerprint density at radius 2 is 2.14 bits per heavy atom. The quantitative estimate of drug-likeness (QED) is 0.773. The number of rotatable bonds is 5. The van der Waals surface area contributed by atoms with Gasteiger partial charge in [-0.25, -0.2) is 9.78 Å². The van der Waals surface area contributed by atoms with Gasteiger partial charge in [-0.3, -0.25) is 4.79 Å². The molecular weight excluding hydrogens is 392 g/mol. The van der Waals surface area contributed by atoms with Gasteiger partial charge >= 0.3 is 6.09 Å². The third-order valence-corrected chi connectivity index (χ3v) is 7.06. The summed E-state index contributed by atoms with van der Waals surface area (Å²) in [7, 11) is 0. The maximum absolute atomic E-state index is 12.4. The highest BCUT2D eigenvalue weighted by Gasteiger charge is 2.56. The molecule has 154 valence electrons. The number of thiazole rings is 1. The van der Waals surface area contributed by atoms with Gasteiger partial charge in [-0.2, -0.15) is 0 Å². The number of nitrogen functional groups attached to an aromatic ring is 1. The SMILES string of the molecule is CC1(OC(=O)N2CC3C(CCNC(=O)c4ccc5nc(N)sc5c4)C3C2)COC1. The maximum Gasteiger partial charge on any atom is 0.410 e. The van der Waals surface area contributed by atoms with Crippen molar-refractivity contribution in [3.8, 4) is 0 Å². The molecule has 9 heteroatoms. The van der Waals surface area contributed by atoms with Gasteiger partial charge in [-0.05, 0) is 49.3 Å². The molecule has 3 aliphatic rings. The zero-order valence-corrected chi connectivity index (χ0v) is 17.0. The number of amides is 2. The van der Waals surface area contributed by atoms with Crippen LogP contribution in [-0.4, -0.2) is 60.3 Å². The van der Waals surface area contributed by atoms with Crippen LogP contribution in [0.5, 0.6) is 0 Å². The standard InChI is InChI=1S/C20H24N4O4S/c1-20(9-27-10-20)28-19(26)24-7-13-12(14(13)8-24)4-5-22-17(25)11-2-3-15-16(6-11)29-18(21)23-15/h2-3,6,12-14H,4-5,7-10H2,1H3,(H2,21,23)(H,22,25). The monoisotopic (exact) mass is 416 g/mol. The Balaban J connectivity index is 1.06. The first-order valence-corrected chi connectivity index (χ1v) is 10.7. The molecule has 1 aromatic carbocycles. The smallest absolute Gasteiger partial charge is 0.410 e. The van der Waals surface area contributed by atoms with E-state index < -0.39 is 5.60 Å². The van der Waals surface area contributed by atoms with E-state index in [4.69, 9.17) is 15.2 Å². The summed E-state index contributed by atoms with van der Waals surface area (Å²) in [6.07, 6.45) is 0.708. The zero-order valence-electron chi connectivity index (χ0n) is 16.2. The van der Waals surface area contributed by atoms with Gasteiger partial charge in [0.05, 0.1) is 23.4 Å². The summed E-state index contributed by atoms with van der Waals surface area (Å²) in [6.45, 7) is 5.00. The highest BCUT2D eigenvalue weighted by Crippen LogP contribution is 2.53. The molecule has 2 unspecified atom stereocenters. The van der Waals surface area contributed by atoms with Crippen LogP contribution in [0.1, 0.15) is 23.7 Å². The second-order valence-corrected chi connectivity index (χ2v) is 9.55. The fourth-order valence-corrected chi connectivity index (χ4v) is 5.26. The summed E-state index contributed by atoms with van der Waals surface area (Å²) < 4.78 is 11.6. The Bertz CT molecular complexity index is 961. The van der Waals surface area contributed by atoms with Crippen molar-refractivity contribution < 1.29 is 19.1 Å². The van der Waals surface area contributed by atoms with E-state index in [1.807, 2.05) is 24.0 Å². The van der Waals surface area contributed by atoms with Crippen molar-refractivity contribution in [2.45, 2.75) is 18.9 Å². The summed E-state index contributed by atoms with van der Waals surface area (Å²) >= 11 is 1.38. The van der Waals surface area contributed by atoms with Crippen LogP contribution in [0.3, 0.4) is 0 Å². The van der Waals surface area contributed by atoms with Crippen molar-refractivity contribution >= 4 is 38.7 Å². The van der Waals surface area contributed by atoms with Crippen molar-refractivity contribution in [1.82, 2.24) is 15.2 Å². The number of benzene rings is 1. The fraction of sp³-hybridized carbons (Fsp3) is 0.550. The lowest BCUT2D eigenvalue weighted by molar-refractivity contribution is -0.171. The number of carbonyl (C=O) groups is 2. The fourth-order valence-electron chi connectivity index (χ4n) is 4.49. The number of ether oxygens (including phenoxy) is 2. The van der Waals surface area contributed by atoms with Crippen LogP contribution in [0.25, 0.3) is 10.2 Å². The highest BCUT2D eigenvalue weighted by molar-refractivity contribution is 7.22. The number of likely N-dealkylation sites (tertiary alicyclic amines) is 1. The normalized spacial score (nSPS) is 26.7. The molecule has 8 nitrogen and oxygen atoms in total. The molecule has 3 heterocycles. The number of nitrogens with zero attached hydrogens (tertiary/aromatic N) is 2. The Morgan fingerprint density at radius 3 is 2.83 bits per heavy atom. The number of nitrogens with one attached hydrogen (secondary N) is 1. The average Bonchev–Trinajstić information content (AvgIpc) is 3.00. The number of hydrogen-bond donors (Lipinski definition) is 2. The Labute approximate surface area is 172 Å².